The van der Waals surface area contributed by atoms with E-state index in [2.05, 4.69) is 35.9 Å². The van der Waals surface area contributed by atoms with E-state index in [9.17, 15) is 13.2 Å². The van der Waals surface area contributed by atoms with Crippen molar-refractivity contribution in [2.75, 3.05) is 37.7 Å². The van der Waals surface area contributed by atoms with Crippen LogP contribution in [0.2, 0.25) is 0 Å². The van der Waals surface area contributed by atoms with Gasteiger partial charge in [-0.2, -0.15) is 0 Å². The van der Waals surface area contributed by atoms with Crippen LogP contribution in [0.3, 0.4) is 0 Å². The number of sulfone groups is 1. The maximum absolute atomic E-state index is 13.2. The minimum Gasteiger partial charge on any atom is -0.337 e. The van der Waals surface area contributed by atoms with Gasteiger partial charge >= 0.3 is 0 Å². The fraction of sp³-hybridized carbons (Fsp3) is 0.545. The zero-order chi connectivity index (χ0) is 21.7. The van der Waals surface area contributed by atoms with E-state index >= 15 is 0 Å². The molecule has 3 rings (SSSR count). The second-order valence-electron chi connectivity index (χ2n) is 7.86. The van der Waals surface area contributed by atoms with Crippen LogP contribution in [0.25, 0.3) is 10.6 Å². The third-order valence-corrected chi connectivity index (χ3v) is 8.39. The van der Waals surface area contributed by atoms with E-state index in [0.717, 1.165) is 35.9 Å². The second kappa shape index (κ2) is 10.0. The standard InChI is InChI=1S/C22H31N3O3S2/c1-4-24(5-2)11-12-25(20-10-13-30(27,28)16-20)21(26)14-19-15-29-22(23-19)18-8-6-17(3)7-9-18/h6-9,15,20H,4-5,10-14,16H2,1-3H3. The fourth-order valence-corrected chi connectivity index (χ4v) is 6.35. The number of aromatic nitrogens is 1. The largest absolute Gasteiger partial charge is 0.337 e. The van der Waals surface area contributed by atoms with Crippen LogP contribution in [0.4, 0.5) is 0 Å². The summed E-state index contributed by atoms with van der Waals surface area (Å²) in [6.45, 7) is 9.36. The highest BCUT2D eigenvalue weighted by molar-refractivity contribution is 7.91. The van der Waals surface area contributed by atoms with Crippen LogP contribution in [0.1, 0.15) is 31.5 Å². The molecule has 1 aliphatic rings. The van der Waals surface area contributed by atoms with Gasteiger partial charge in [0.15, 0.2) is 9.84 Å². The first-order valence-corrected chi connectivity index (χ1v) is 13.2. The van der Waals surface area contributed by atoms with Crippen molar-refractivity contribution < 1.29 is 13.2 Å². The SMILES string of the molecule is CCN(CC)CCN(C(=O)Cc1csc(-c2ccc(C)cc2)n1)C1CCS(=O)(=O)C1. The number of likely N-dealkylation sites (N-methyl/N-ethyl adjacent to an activating group) is 1. The first-order chi connectivity index (χ1) is 14.3. The number of thiazole rings is 1. The molecule has 1 aliphatic heterocycles. The number of rotatable bonds is 9. The summed E-state index contributed by atoms with van der Waals surface area (Å²) in [6, 6.07) is 7.96. The Morgan fingerprint density at radius 2 is 1.87 bits per heavy atom. The Morgan fingerprint density at radius 1 is 1.17 bits per heavy atom. The predicted molar refractivity (Wildman–Crippen MR) is 123 cm³/mol. The van der Waals surface area contributed by atoms with Crippen molar-refractivity contribution in [3.63, 3.8) is 0 Å². The van der Waals surface area contributed by atoms with E-state index in [-0.39, 0.29) is 29.9 Å². The van der Waals surface area contributed by atoms with Crippen molar-refractivity contribution in [2.45, 2.75) is 39.7 Å². The molecule has 1 atom stereocenters. The first-order valence-electron chi connectivity index (χ1n) is 10.5. The van der Waals surface area contributed by atoms with Crippen LogP contribution in [0.15, 0.2) is 29.6 Å². The van der Waals surface area contributed by atoms with Gasteiger partial charge in [0.1, 0.15) is 5.01 Å². The Bertz CT molecular complexity index is 950. The Balaban J connectivity index is 1.71. The lowest BCUT2D eigenvalue weighted by atomic mass is 10.1. The van der Waals surface area contributed by atoms with Gasteiger partial charge in [0, 0.05) is 30.1 Å². The van der Waals surface area contributed by atoms with Crippen LogP contribution in [-0.4, -0.2) is 72.8 Å². The van der Waals surface area contributed by atoms with Gasteiger partial charge in [-0.3, -0.25) is 4.79 Å². The Labute approximate surface area is 183 Å². The molecule has 1 fully saturated rings. The maximum atomic E-state index is 13.2. The molecule has 2 heterocycles. The van der Waals surface area contributed by atoms with Gasteiger partial charge in [0.25, 0.3) is 0 Å². The van der Waals surface area contributed by atoms with Crippen LogP contribution >= 0.6 is 11.3 Å². The summed E-state index contributed by atoms with van der Waals surface area (Å²) in [5.74, 6) is 0.203. The lowest BCUT2D eigenvalue weighted by Crippen LogP contribution is -2.46. The number of aryl methyl sites for hydroxylation is 1. The van der Waals surface area contributed by atoms with Gasteiger partial charge in [-0.1, -0.05) is 43.7 Å². The van der Waals surface area contributed by atoms with E-state index in [1.54, 1.807) is 4.90 Å². The highest BCUT2D eigenvalue weighted by atomic mass is 32.2. The molecule has 0 saturated carbocycles. The highest BCUT2D eigenvalue weighted by Gasteiger charge is 2.34. The maximum Gasteiger partial charge on any atom is 0.228 e. The van der Waals surface area contributed by atoms with Crippen molar-refractivity contribution in [1.29, 1.82) is 0 Å². The molecule has 30 heavy (non-hydrogen) atoms. The lowest BCUT2D eigenvalue weighted by Gasteiger charge is -2.30. The number of hydrogen-bond acceptors (Lipinski definition) is 6. The molecule has 8 heteroatoms. The smallest absolute Gasteiger partial charge is 0.228 e. The molecule has 164 valence electrons. The molecular weight excluding hydrogens is 418 g/mol. The molecule has 0 aliphatic carbocycles. The summed E-state index contributed by atoms with van der Waals surface area (Å²) in [7, 11) is -3.05. The van der Waals surface area contributed by atoms with Crippen LogP contribution < -0.4 is 0 Å². The van der Waals surface area contributed by atoms with Crippen LogP contribution in [0, 0.1) is 6.92 Å². The van der Waals surface area contributed by atoms with Gasteiger partial charge in [-0.15, -0.1) is 11.3 Å². The minimum atomic E-state index is -3.05. The third-order valence-electron chi connectivity index (χ3n) is 5.70. The number of carbonyl (C=O) groups excluding carboxylic acids is 1. The van der Waals surface area contributed by atoms with E-state index in [0.29, 0.717) is 13.0 Å². The van der Waals surface area contributed by atoms with E-state index in [4.69, 9.17) is 0 Å². The molecule has 2 aromatic rings. The molecule has 1 amide bonds. The van der Waals surface area contributed by atoms with Gasteiger partial charge < -0.3 is 9.80 Å². The first kappa shape index (κ1) is 22.9. The fourth-order valence-electron chi connectivity index (χ4n) is 3.79. The van der Waals surface area contributed by atoms with Crippen LogP contribution in [0.5, 0.6) is 0 Å². The summed E-state index contributed by atoms with van der Waals surface area (Å²) >= 11 is 1.53. The Hall–Kier alpha value is -1.77. The van der Waals surface area contributed by atoms with Gasteiger partial charge in [-0.05, 0) is 26.4 Å². The quantitative estimate of drug-likeness (QED) is 0.589. The molecule has 1 aromatic heterocycles. The Morgan fingerprint density at radius 3 is 2.47 bits per heavy atom. The van der Waals surface area contributed by atoms with Gasteiger partial charge in [-0.25, -0.2) is 13.4 Å². The second-order valence-corrected chi connectivity index (χ2v) is 10.9. The molecule has 1 unspecified atom stereocenters. The minimum absolute atomic E-state index is 0.0370. The third kappa shape index (κ3) is 5.89. The zero-order valence-electron chi connectivity index (χ0n) is 18.0. The van der Waals surface area contributed by atoms with E-state index in [1.807, 2.05) is 24.4 Å². The highest BCUT2D eigenvalue weighted by Crippen LogP contribution is 2.25. The molecule has 1 saturated heterocycles. The lowest BCUT2D eigenvalue weighted by molar-refractivity contribution is -0.132. The van der Waals surface area contributed by atoms with E-state index < -0.39 is 9.84 Å². The number of nitrogens with zero attached hydrogens (tertiary/aromatic N) is 3. The molecule has 0 spiro atoms. The summed E-state index contributed by atoms with van der Waals surface area (Å²) in [4.78, 5) is 21.9. The van der Waals surface area contributed by atoms with Crippen molar-refractivity contribution in [3.8, 4) is 10.6 Å². The number of carbonyl (C=O) groups is 1. The van der Waals surface area contributed by atoms with Gasteiger partial charge in [0.05, 0.1) is 23.6 Å². The normalized spacial score (nSPS) is 18.1. The molecule has 0 N–H and O–H groups in total. The van der Waals surface area contributed by atoms with E-state index in [1.165, 1.54) is 16.9 Å². The molecular formula is C22H31N3O3S2. The number of benzene rings is 1. The summed E-state index contributed by atoms with van der Waals surface area (Å²) < 4.78 is 24.0. The number of hydrogen-bond donors (Lipinski definition) is 0. The molecule has 1 aromatic carbocycles. The average molecular weight is 450 g/mol. The zero-order valence-corrected chi connectivity index (χ0v) is 19.6. The Kier molecular flexibility index (Phi) is 7.65. The van der Waals surface area contributed by atoms with Crippen molar-refractivity contribution in [2.24, 2.45) is 0 Å². The predicted octanol–water partition coefficient (Wildman–Crippen LogP) is 3.02. The average Bonchev–Trinajstić information content (AvgIpc) is 3.32. The summed E-state index contributed by atoms with van der Waals surface area (Å²) in [5.41, 5.74) is 2.99. The van der Waals surface area contributed by atoms with Gasteiger partial charge in [0.2, 0.25) is 5.91 Å². The van der Waals surface area contributed by atoms with Crippen molar-refractivity contribution in [1.82, 2.24) is 14.8 Å². The van der Waals surface area contributed by atoms with Crippen molar-refractivity contribution >= 4 is 27.1 Å². The summed E-state index contributed by atoms with van der Waals surface area (Å²) in [6.07, 6.45) is 0.731. The molecule has 6 nitrogen and oxygen atoms in total. The monoisotopic (exact) mass is 449 g/mol. The van der Waals surface area contributed by atoms with Crippen LogP contribution in [-0.2, 0) is 21.1 Å². The molecule has 0 bridgehead atoms. The van der Waals surface area contributed by atoms with Crippen molar-refractivity contribution in [3.05, 3.63) is 40.9 Å². The summed E-state index contributed by atoms with van der Waals surface area (Å²) in [5, 5.41) is 2.83. The topological polar surface area (TPSA) is 70.6 Å². The molecule has 0 radical (unpaired) electrons. The number of amides is 1.